The molecule has 0 saturated heterocycles. The number of nitrogens with zero attached hydrogens (tertiary/aromatic N) is 2. The maximum Gasteiger partial charge on any atom is 0.139 e. The summed E-state index contributed by atoms with van der Waals surface area (Å²) in [6, 6.07) is 10.4. The maximum absolute atomic E-state index is 4.49. The van der Waals surface area contributed by atoms with Crippen LogP contribution < -0.4 is 0 Å². The predicted molar refractivity (Wildman–Crippen MR) is 93.8 cm³/mol. The molecule has 0 fully saturated rings. The lowest BCUT2D eigenvalue weighted by Crippen LogP contribution is -1.99. The average Bonchev–Trinajstić information content (AvgIpc) is 2.99. The molecule has 21 heavy (non-hydrogen) atoms. The molecule has 0 radical (unpaired) electrons. The fourth-order valence-corrected chi connectivity index (χ4v) is 2.99. The summed E-state index contributed by atoms with van der Waals surface area (Å²) in [7, 11) is 0. The van der Waals surface area contributed by atoms with Gasteiger partial charge < -0.3 is 4.57 Å². The van der Waals surface area contributed by atoms with Crippen LogP contribution in [-0.2, 0) is 6.54 Å². The average molecular weight is 349 g/mol. The molecule has 0 N–H and O–H groups in total. The van der Waals surface area contributed by atoms with Crippen LogP contribution in [0.1, 0.15) is 44.9 Å². The van der Waals surface area contributed by atoms with E-state index in [4.69, 9.17) is 0 Å². The molecule has 0 spiro atoms. The Morgan fingerprint density at radius 1 is 0.857 bits per heavy atom. The first kappa shape index (κ1) is 16.3. The van der Waals surface area contributed by atoms with Gasteiger partial charge in [0.15, 0.2) is 0 Å². The fraction of sp³-hybridized carbons (Fsp3) is 0.500. The Balaban J connectivity index is 1.69. The van der Waals surface area contributed by atoms with E-state index in [0.29, 0.717) is 0 Å². The van der Waals surface area contributed by atoms with Crippen LogP contribution in [0.4, 0.5) is 0 Å². The molecule has 1 aromatic heterocycles. The zero-order valence-corrected chi connectivity index (χ0v) is 14.3. The van der Waals surface area contributed by atoms with Crippen LogP contribution in [0.3, 0.4) is 0 Å². The molecule has 0 aliphatic carbocycles. The molecule has 0 atom stereocenters. The maximum atomic E-state index is 4.49. The second-order valence-electron chi connectivity index (χ2n) is 5.47. The molecule has 0 unspecified atom stereocenters. The first-order valence-electron chi connectivity index (χ1n) is 8.04. The highest BCUT2D eigenvalue weighted by Gasteiger charge is 2.04. The summed E-state index contributed by atoms with van der Waals surface area (Å²) in [5.74, 6) is 1.09. The van der Waals surface area contributed by atoms with Crippen molar-refractivity contribution in [3.05, 3.63) is 42.7 Å². The Hall–Kier alpha value is -1.09. The summed E-state index contributed by atoms with van der Waals surface area (Å²) in [4.78, 5) is 4.49. The number of unbranched alkanes of at least 4 members (excludes halogenated alkanes) is 6. The number of benzene rings is 1. The van der Waals surface area contributed by atoms with E-state index in [1.165, 1.54) is 50.5 Å². The Morgan fingerprint density at radius 2 is 1.52 bits per heavy atom. The molecule has 2 aromatic rings. The van der Waals surface area contributed by atoms with E-state index in [1.807, 2.05) is 12.3 Å². The first-order chi connectivity index (χ1) is 10.4. The minimum atomic E-state index is 1.08. The largest absolute Gasteiger partial charge is 0.331 e. The molecule has 0 aliphatic rings. The summed E-state index contributed by atoms with van der Waals surface area (Å²) >= 11 is 3.48. The van der Waals surface area contributed by atoms with Gasteiger partial charge in [-0.25, -0.2) is 4.98 Å². The Bertz CT molecular complexity index is 493. The van der Waals surface area contributed by atoms with Crippen LogP contribution in [0.15, 0.2) is 42.7 Å². The van der Waals surface area contributed by atoms with Gasteiger partial charge in [0, 0.05) is 29.8 Å². The van der Waals surface area contributed by atoms with Crippen molar-refractivity contribution in [2.45, 2.75) is 51.5 Å². The van der Waals surface area contributed by atoms with Crippen LogP contribution in [0, 0.1) is 0 Å². The van der Waals surface area contributed by atoms with Crippen molar-refractivity contribution in [3.8, 4) is 11.4 Å². The monoisotopic (exact) mass is 348 g/mol. The fourth-order valence-electron chi connectivity index (χ4n) is 2.60. The van der Waals surface area contributed by atoms with Crippen LogP contribution in [-0.4, -0.2) is 14.9 Å². The molecule has 1 aromatic carbocycles. The molecule has 3 heteroatoms. The van der Waals surface area contributed by atoms with Gasteiger partial charge >= 0.3 is 0 Å². The minimum absolute atomic E-state index is 1.08. The highest BCUT2D eigenvalue weighted by molar-refractivity contribution is 9.09. The van der Waals surface area contributed by atoms with Crippen molar-refractivity contribution in [3.63, 3.8) is 0 Å². The molecule has 114 valence electrons. The highest BCUT2D eigenvalue weighted by Crippen LogP contribution is 2.17. The second-order valence-corrected chi connectivity index (χ2v) is 6.27. The lowest BCUT2D eigenvalue weighted by atomic mass is 10.1. The standard InChI is InChI=1S/C18H25BrN2/c19-13-9-4-2-1-3-5-10-15-21-16-14-20-18(21)17-11-7-6-8-12-17/h6-8,11-12,14,16H,1-5,9-10,13,15H2. The summed E-state index contributed by atoms with van der Waals surface area (Å²) in [5, 5.41) is 1.15. The molecule has 0 bridgehead atoms. The number of hydrogen-bond donors (Lipinski definition) is 0. The number of aryl methyl sites for hydroxylation is 1. The van der Waals surface area contributed by atoms with Crippen LogP contribution in [0.5, 0.6) is 0 Å². The summed E-state index contributed by atoms with van der Waals surface area (Å²) in [5.41, 5.74) is 1.21. The van der Waals surface area contributed by atoms with Gasteiger partial charge in [0.05, 0.1) is 0 Å². The number of halogens is 1. The summed E-state index contributed by atoms with van der Waals surface area (Å²) in [6.45, 7) is 1.08. The van der Waals surface area contributed by atoms with E-state index in [2.05, 4.69) is 55.9 Å². The third-order valence-corrected chi connectivity index (χ3v) is 4.34. The number of aromatic nitrogens is 2. The van der Waals surface area contributed by atoms with Crippen molar-refractivity contribution in [1.82, 2.24) is 9.55 Å². The molecule has 0 aliphatic heterocycles. The molecule has 0 amide bonds. The van der Waals surface area contributed by atoms with Crippen molar-refractivity contribution in [1.29, 1.82) is 0 Å². The molecular formula is C18H25BrN2. The van der Waals surface area contributed by atoms with Crippen LogP contribution >= 0.6 is 15.9 Å². The van der Waals surface area contributed by atoms with Gasteiger partial charge in [-0.2, -0.15) is 0 Å². The number of imidazole rings is 1. The molecule has 1 heterocycles. The van der Waals surface area contributed by atoms with Gasteiger partial charge in [-0.1, -0.05) is 78.4 Å². The van der Waals surface area contributed by atoms with Crippen LogP contribution in [0.25, 0.3) is 11.4 Å². The lowest BCUT2D eigenvalue weighted by Gasteiger charge is -2.08. The van der Waals surface area contributed by atoms with E-state index < -0.39 is 0 Å². The predicted octanol–water partition coefficient (Wildman–Crippen LogP) is 5.68. The van der Waals surface area contributed by atoms with E-state index in [9.17, 15) is 0 Å². The molecule has 2 rings (SSSR count). The molecule has 2 nitrogen and oxygen atoms in total. The quantitative estimate of drug-likeness (QED) is 0.399. The molecular weight excluding hydrogens is 324 g/mol. The van der Waals surface area contributed by atoms with Gasteiger partial charge in [-0.3, -0.25) is 0 Å². The topological polar surface area (TPSA) is 17.8 Å². The summed E-state index contributed by atoms with van der Waals surface area (Å²) in [6.07, 6.45) is 13.4. The lowest BCUT2D eigenvalue weighted by molar-refractivity contribution is 0.553. The smallest absolute Gasteiger partial charge is 0.139 e. The van der Waals surface area contributed by atoms with Crippen molar-refractivity contribution in [2.75, 3.05) is 5.33 Å². The van der Waals surface area contributed by atoms with Crippen molar-refractivity contribution < 1.29 is 0 Å². The van der Waals surface area contributed by atoms with E-state index in [-0.39, 0.29) is 0 Å². The second kappa shape index (κ2) is 9.78. The van der Waals surface area contributed by atoms with Gasteiger partial charge in [0.2, 0.25) is 0 Å². The zero-order chi connectivity index (χ0) is 14.8. The first-order valence-corrected chi connectivity index (χ1v) is 9.16. The van der Waals surface area contributed by atoms with Gasteiger partial charge in [0.1, 0.15) is 5.82 Å². The summed E-state index contributed by atoms with van der Waals surface area (Å²) < 4.78 is 2.28. The van der Waals surface area contributed by atoms with Crippen molar-refractivity contribution >= 4 is 15.9 Å². The Labute approximate surface area is 136 Å². The number of hydrogen-bond acceptors (Lipinski definition) is 1. The highest BCUT2D eigenvalue weighted by atomic mass is 79.9. The molecule has 0 saturated carbocycles. The Morgan fingerprint density at radius 3 is 2.24 bits per heavy atom. The van der Waals surface area contributed by atoms with E-state index >= 15 is 0 Å². The normalized spacial score (nSPS) is 10.9. The van der Waals surface area contributed by atoms with Gasteiger partial charge in [0.25, 0.3) is 0 Å². The van der Waals surface area contributed by atoms with Crippen LogP contribution in [0.2, 0.25) is 0 Å². The SMILES string of the molecule is BrCCCCCCCCCn1ccnc1-c1ccccc1. The third-order valence-electron chi connectivity index (χ3n) is 3.78. The number of alkyl halides is 1. The van der Waals surface area contributed by atoms with Crippen molar-refractivity contribution in [2.24, 2.45) is 0 Å². The van der Waals surface area contributed by atoms with E-state index in [0.717, 1.165) is 17.7 Å². The third kappa shape index (κ3) is 5.66. The Kier molecular flexibility index (Phi) is 7.58. The van der Waals surface area contributed by atoms with Gasteiger partial charge in [-0.05, 0) is 12.8 Å². The van der Waals surface area contributed by atoms with Gasteiger partial charge in [-0.15, -0.1) is 0 Å². The van der Waals surface area contributed by atoms with E-state index in [1.54, 1.807) is 0 Å². The minimum Gasteiger partial charge on any atom is -0.331 e. The zero-order valence-electron chi connectivity index (χ0n) is 12.7. The number of rotatable bonds is 10.